The maximum absolute atomic E-state index is 5.86. The topological polar surface area (TPSA) is 30.5 Å². The van der Waals surface area contributed by atoms with Crippen LogP contribution in [0.2, 0.25) is 0 Å². The van der Waals surface area contributed by atoms with E-state index in [1.54, 1.807) is 7.11 Å². The molecular weight excluding hydrogens is 202 g/mol. The third kappa shape index (κ3) is 2.97. The lowest BCUT2D eigenvalue weighted by Gasteiger charge is -2.28. The molecule has 1 aliphatic heterocycles. The van der Waals surface area contributed by atoms with E-state index in [4.69, 9.17) is 9.47 Å². The van der Waals surface area contributed by atoms with Gasteiger partial charge in [0, 0.05) is 19.5 Å². The Morgan fingerprint density at radius 2 is 2.31 bits per heavy atom. The first-order chi connectivity index (χ1) is 7.78. The first kappa shape index (κ1) is 11.4. The molecule has 3 heteroatoms. The minimum Gasteiger partial charge on any atom is -0.497 e. The Hall–Kier alpha value is -1.06. The van der Waals surface area contributed by atoms with Crippen LogP contribution in [0.1, 0.15) is 12.5 Å². The van der Waals surface area contributed by atoms with Crippen LogP contribution < -0.4 is 10.1 Å². The number of hydrogen-bond acceptors (Lipinski definition) is 3. The quantitative estimate of drug-likeness (QED) is 0.841. The largest absolute Gasteiger partial charge is 0.497 e. The molecule has 0 spiro atoms. The standard InChI is InChI=1S/C13H19NO2/c1-10-8-14-9-13(16-10)7-11-4-3-5-12(6-11)15-2/h3-6,10,13-14H,7-9H2,1-2H3. The van der Waals surface area contributed by atoms with Crippen LogP contribution in [0.25, 0.3) is 0 Å². The van der Waals surface area contributed by atoms with Crippen molar-refractivity contribution in [3.05, 3.63) is 29.8 Å². The molecule has 1 saturated heterocycles. The molecule has 0 bridgehead atoms. The highest BCUT2D eigenvalue weighted by atomic mass is 16.5. The normalized spacial score (nSPS) is 25.4. The highest BCUT2D eigenvalue weighted by Crippen LogP contribution is 2.16. The van der Waals surface area contributed by atoms with Crippen molar-refractivity contribution in [3.63, 3.8) is 0 Å². The fourth-order valence-corrected chi connectivity index (χ4v) is 2.05. The maximum Gasteiger partial charge on any atom is 0.119 e. The number of nitrogens with one attached hydrogen (secondary N) is 1. The molecule has 0 aliphatic carbocycles. The predicted octanol–water partition coefficient (Wildman–Crippen LogP) is 1.61. The van der Waals surface area contributed by atoms with Crippen molar-refractivity contribution in [2.24, 2.45) is 0 Å². The van der Waals surface area contributed by atoms with Gasteiger partial charge in [-0.2, -0.15) is 0 Å². The van der Waals surface area contributed by atoms with E-state index in [9.17, 15) is 0 Å². The Morgan fingerprint density at radius 1 is 1.44 bits per heavy atom. The molecule has 1 N–H and O–H groups in total. The molecule has 3 nitrogen and oxygen atoms in total. The van der Waals surface area contributed by atoms with E-state index < -0.39 is 0 Å². The highest BCUT2D eigenvalue weighted by Gasteiger charge is 2.18. The van der Waals surface area contributed by atoms with Crippen LogP contribution in [-0.4, -0.2) is 32.4 Å². The van der Waals surface area contributed by atoms with E-state index in [1.807, 2.05) is 12.1 Å². The van der Waals surface area contributed by atoms with Gasteiger partial charge in [-0.1, -0.05) is 12.1 Å². The monoisotopic (exact) mass is 221 g/mol. The third-order valence-corrected chi connectivity index (χ3v) is 2.83. The van der Waals surface area contributed by atoms with Crippen LogP contribution in [0.15, 0.2) is 24.3 Å². The van der Waals surface area contributed by atoms with Gasteiger partial charge in [-0.3, -0.25) is 0 Å². The number of ether oxygens (including phenoxy) is 2. The SMILES string of the molecule is COc1cccc(CC2CNCC(C)O2)c1. The molecule has 2 atom stereocenters. The molecule has 0 amide bonds. The zero-order valence-corrected chi connectivity index (χ0v) is 9.90. The first-order valence-corrected chi connectivity index (χ1v) is 5.77. The number of rotatable bonds is 3. The van der Waals surface area contributed by atoms with Gasteiger partial charge in [-0.05, 0) is 24.6 Å². The summed E-state index contributed by atoms with van der Waals surface area (Å²) in [6.07, 6.45) is 1.52. The Balaban J connectivity index is 1.97. The van der Waals surface area contributed by atoms with Gasteiger partial charge < -0.3 is 14.8 Å². The minimum absolute atomic E-state index is 0.274. The summed E-state index contributed by atoms with van der Waals surface area (Å²) in [6.45, 7) is 3.99. The Bertz CT molecular complexity index is 340. The van der Waals surface area contributed by atoms with Gasteiger partial charge in [0.25, 0.3) is 0 Å². The summed E-state index contributed by atoms with van der Waals surface area (Å²) in [5.41, 5.74) is 1.26. The zero-order chi connectivity index (χ0) is 11.4. The lowest BCUT2D eigenvalue weighted by molar-refractivity contribution is -0.0262. The average Bonchev–Trinajstić information content (AvgIpc) is 2.29. The molecule has 0 saturated carbocycles. The van der Waals surface area contributed by atoms with Gasteiger partial charge in [0.05, 0.1) is 19.3 Å². The Labute approximate surface area is 96.8 Å². The van der Waals surface area contributed by atoms with Gasteiger partial charge in [0.15, 0.2) is 0 Å². The molecule has 0 aromatic heterocycles. The van der Waals surface area contributed by atoms with E-state index in [1.165, 1.54) is 5.56 Å². The summed E-state index contributed by atoms with van der Waals surface area (Å²) in [5, 5.41) is 3.38. The van der Waals surface area contributed by atoms with Crippen molar-refractivity contribution in [1.29, 1.82) is 0 Å². The van der Waals surface area contributed by atoms with Crippen LogP contribution in [0.4, 0.5) is 0 Å². The second-order valence-electron chi connectivity index (χ2n) is 4.28. The predicted molar refractivity (Wildman–Crippen MR) is 63.9 cm³/mol. The van der Waals surface area contributed by atoms with E-state index >= 15 is 0 Å². The molecule has 1 aromatic carbocycles. The summed E-state index contributed by atoms with van der Waals surface area (Å²) in [5.74, 6) is 0.911. The maximum atomic E-state index is 5.86. The molecule has 88 valence electrons. The van der Waals surface area contributed by atoms with Crippen molar-refractivity contribution in [2.75, 3.05) is 20.2 Å². The average molecular weight is 221 g/mol. The lowest BCUT2D eigenvalue weighted by Crippen LogP contribution is -2.44. The van der Waals surface area contributed by atoms with Crippen molar-refractivity contribution in [2.45, 2.75) is 25.6 Å². The third-order valence-electron chi connectivity index (χ3n) is 2.83. The van der Waals surface area contributed by atoms with Gasteiger partial charge >= 0.3 is 0 Å². The molecule has 2 unspecified atom stereocenters. The smallest absolute Gasteiger partial charge is 0.119 e. The summed E-state index contributed by atoms with van der Waals surface area (Å²) < 4.78 is 11.1. The van der Waals surface area contributed by atoms with Crippen molar-refractivity contribution >= 4 is 0 Å². The van der Waals surface area contributed by atoms with Gasteiger partial charge in [0.2, 0.25) is 0 Å². The summed E-state index contributed by atoms with van der Waals surface area (Å²) in [4.78, 5) is 0. The molecule has 2 rings (SSSR count). The van der Waals surface area contributed by atoms with Crippen molar-refractivity contribution in [3.8, 4) is 5.75 Å². The van der Waals surface area contributed by atoms with E-state index in [0.29, 0.717) is 6.10 Å². The van der Waals surface area contributed by atoms with Crippen LogP contribution in [0, 0.1) is 0 Å². The van der Waals surface area contributed by atoms with E-state index in [-0.39, 0.29) is 6.10 Å². The molecule has 1 aliphatic rings. The summed E-state index contributed by atoms with van der Waals surface area (Å²) in [6, 6.07) is 8.17. The molecule has 16 heavy (non-hydrogen) atoms. The molecule has 0 radical (unpaired) electrons. The minimum atomic E-state index is 0.274. The van der Waals surface area contributed by atoms with Gasteiger partial charge in [-0.25, -0.2) is 0 Å². The summed E-state index contributed by atoms with van der Waals surface area (Å²) >= 11 is 0. The molecule has 1 aromatic rings. The molecule has 1 heterocycles. The number of hydrogen-bond donors (Lipinski definition) is 1. The molecule has 1 fully saturated rings. The number of morpholine rings is 1. The number of benzene rings is 1. The van der Waals surface area contributed by atoms with Crippen LogP contribution >= 0.6 is 0 Å². The zero-order valence-electron chi connectivity index (χ0n) is 9.90. The fraction of sp³-hybridized carbons (Fsp3) is 0.538. The van der Waals surface area contributed by atoms with Gasteiger partial charge in [0.1, 0.15) is 5.75 Å². The van der Waals surface area contributed by atoms with Gasteiger partial charge in [-0.15, -0.1) is 0 Å². The second-order valence-corrected chi connectivity index (χ2v) is 4.28. The highest BCUT2D eigenvalue weighted by molar-refractivity contribution is 5.28. The first-order valence-electron chi connectivity index (χ1n) is 5.77. The Morgan fingerprint density at radius 3 is 3.06 bits per heavy atom. The van der Waals surface area contributed by atoms with Crippen molar-refractivity contribution in [1.82, 2.24) is 5.32 Å². The Kier molecular flexibility index (Phi) is 3.80. The van der Waals surface area contributed by atoms with Crippen LogP contribution in [-0.2, 0) is 11.2 Å². The van der Waals surface area contributed by atoms with E-state index in [2.05, 4.69) is 24.4 Å². The second kappa shape index (κ2) is 5.32. The van der Waals surface area contributed by atoms with Crippen LogP contribution in [0.5, 0.6) is 5.75 Å². The lowest BCUT2D eigenvalue weighted by atomic mass is 10.1. The fourth-order valence-electron chi connectivity index (χ4n) is 2.05. The van der Waals surface area contributed by atoms with Crippen molar-refractivity contribution < 1.29 is 9.47 Å². The summed E-state index contributed by atoms with van der Waals surface area (Å²) in [7, 11) is 1.69. The van der Waals surface area contributed by atoms with E-state index in [0.717, 1.165) is 25.3 Å². The molecular formula is C13H19NO2. The van der Waals surface area contributed by atoms with Crippen LogP contribution in [0.3, 0.4) is 0 Å². The number of methoxy groups -OCH3 is 1.